The molecule has 6 aromatic heterocycles. The second-order valence-corrected chi connectivity index (χ2v) is 24.3. The molecule has 3 aliphatic heterocycles. The predicted molar refractivity (Wildman–Crippen MR) is 257 cm³/mol. The molecule has 78 heavy (non-hydrogen) atoms. The molecule has 0 aliphatic carbocycles. The van der Waals surface area contributed by atoms with Gasteiger partial charge in [-0.2, -0.15) is 13.6 Å². The highest BCUT2D eigenvalue weighted by atomic mass is 31.3. The number of fused-ring (bicyclic) bond motifs is 3. The van der Waals surface area contributed by atoms with Crippen molar-refractivity contribution in [2.45, 2.75) is 73.5 Å². The molecule has 14 N–H and O–H groups in total. The molecule has 3 aliphatic rings. The van der Waals surface area contributed by atoms with Crippen LogP contribution in [0.2, 0.25) is 0 Å². The largest absolute Gasteiger partial charge is 0.490 e. The molecular formula is C36H52N15O23P4+. The summed E-state index contributed by atoms with van der Waals surface area (Å²) in [4.78, 5) is 98.0. The molecule has 6 aromatic rings. The van der Waals surface area contributed by atoms with E-state index in [1.807, 2.05) is 0 Å². The van der Waals surface area contributed by atoms with E-state index >= 15 is 0 Å². The molecule has 9 heterocycles. The van der Waals surface area contributed by atoms with Crippen molar-refractivity contribution < 1.29 is 104 Å². The van der Waals surface area contributed by atoms with Crippen molar-refractivity contribution in [3.05, 3.63) is 46.0 Å². The van der Waals surface area contributed by atoms with E-state index in [9.17, 15) is 62.7 Å². The lowest BCUT2D eigenvalue weighted by Crippen LogP contribution is -2.45. The first-order chi connectivity index (χ1) is 36.8. The molecule has 428 valence electrons. The van der Waals surface area contributed by atoms with Gasteiger partial charge in [-0.15, -0.1) is 0 Å². The molecule has 0 aromatic carbocycles. The van der Waals surface area contributed by atoms with Gasteiger partial charge in [-0.05, 0) is 6.42 Å². The number of imidazole rings is 3. The van der Waals surface area contributed by atoms with E-state index in [0.29, 0.717) is 0 Å². The molecule has 0 amide bonds. The van der Waals surface area contributed by atoms with E-state index in [4.69, 9.17) is 48.7 Å². The number of ether oxygens (including phenoxy) is 5. The Hall–Kier alpha value is -5.11. The maximum atomic E-state index is 14.5. The van der Waals surface area contributed by atoms with Crippen LogP contribution in [0.3, 0.4) is 0 Å². The van der Waals surface area contributed by atoms with Gasteiger partial charge in [0.1, 0.15) is 54.1 Å². The zero-order valence-electron chi connectivity index (χ0n) is 40.9. The van der Waals surface area contributed by atoms with Crippen molar-refractivity contribution in [3.8, 4) is 0 Å². The number of nitrogens with two attached hydrogens (primary N) is 2. The molecule has 9 rings (SSSR count). The second kappa shape index (κ2) is 22.1. The Labute approximate surface area is 435 Å². The number of rotatable bonds is 22. The first-order valence-corrected chi connectivity index (χ1v) is 28.9. The van der Waals surface area contributed by atoms with Crippen LogP contribution in [0.4, 0.5) is 17.7 Å². The number of H-pyrrole nitrogens is 2. The molecule has 3 fully saturated rings. The van der Waals surface area contributed by atoms with E-state index in [1.165, 1.54) is 40.5 Å². The SMILES string of the molecule is CNc1ncnc2c1ncn2[C@@H]1O[C@H](COP(=O)(O)OP(=O)(O)OP(=O)(O)OC[C@H]2O[C@@H]([n+]3cn(C)c4c(=O)[nH]c(N)nc43)[C@H](O)[C@@H]2CCOC)[C@@H](P(=O)(O)OC[C@H]2O[C@@H](n3cnc4c(=O)[nH]c(N)nc43)[C@H](O)[C@@H]2O)[C@H]1OC. The summed E-state index contributed by atoms with van der Waals surface area (Å²) in [6, 6.07) is 0. The maximum Gasteiger partial charge on any atom is 0.490 e. The highest BCUT2D eigenvalue weighted by molar-refractivity contribution is 7.66. The molecule has 0 bridgehead atoms. The molecule has 4 unspecified atom stereocenters. The molecule has 3 saturated heterocycles. The number of methoxy groups -OCH3 is 2. The van der Waals surface area contributed by atoms with Gasteiger partial charge in [-0.25, -0.2) is 38.2 Å². The zero-order valence-corrected chi connectivity index (χ0v) is 44.4. The Morgan fingerprint density at radius 1 is 0.744 bits per heavy atom. The molecule has 0 radical (unpaired) electrons. The molecule has 0 spiro atoms. The van der Waals surface area contributed by atoms with Crippen LogP contribution in [-0.2, 0) is 71.2 Å². The van der Waals surface area contributed by atoms with Crippen LogP contribution >= 0.6 is 31.1 Å². The van der Waals surface area contributed by atoms with Crippen LogP contribution in [0.15, 0.2) is 34.9 Å². The summed E-state index contributed by atoms with van der Waals surface area (Å²) in [5.41, 5.74) is 8.13. The van der Waals surface area contributed by atoms with Crippen molar-refractivity contribution in [3.63, 3.8) is 0 Å². The van der Waals surface area contributed by atoms with Crippen molar-refractivity contribution in [2.24, 2.45) is 13.0 Å². The molecule has 16 atom stereocenters. The number of nitrogen functional groups attached to an aromatic ring is 2. The number of phosphoric acid groups is 3. The molecule has 0 saturated carbocycles. The summed E-state index contributed by atoms with van der Waals surface area (Å²) in [5, 5.41) is 36.3. The van der Waals surface area contributed by atoms with Crippen LogP contribution in [0, 0.1) is 5.92 Å². The summed E-state index contributed by atoms with van der Waals surface area (Å²) in [5.74, 6) is -1.25. The number of aromatic amines is 2. The summed E-state index contributed by atoms with van der Waals surface area (Å²) in [7, 11) is -17.7. The van der Waals surface area contributed by atoms with Gasteiger partial charge in [0.25, 0.3) is 17.1 Å². The second-order valence-electron chi connectivity index (χ2n) is 17.7. The van der Waals surface area contributed by atoms with Crippen LogP contribution in [-0.4, -0.2) is 185 Å². The lowest BCUT2D eigenvalue weighted by molar-refractivity contribution is -0.745. The fourth-order valence-electron chi connectivity index (χ4n) is 9.35. The van der Waals surface area contributed by atoms with Crippen molar-refractivity contribution >= 4 is 82.3 Å². The Bertz CT molecular complexity index is 3530. The number of hydrogen-bond acceptors (Lipinski definition) is 28. The van der Waals surface area contributed by atoms with Crippen molar-refractivity contribution in [1.82, 2.24) is 53.6 Å². The quantitative estimate of drug-likeness (QED) is 0.0240. The summed E-state index contributed by atoms with van der Waals surface area (Å²) in [6.07, 6.45) is -10.8. The van der Waals surface area contributed by atoms with Gasteiger partial charge in [0.15, 0.2) is 41.4 Å². The Kier molecular flexibility index (Phi) is 16.3. The van der Waals surface area contributed by atoms with Gasteiger partial charge in [0, 0.05) is 33.8 Å². The lowest BCUT2D eigenvalue weighted by Gasteiger charge is -2.28. The standard InChI is InChI=1S/C36H51N15O23P4/c1-39-26-18-27(41-10-40-26)49(11-42-18)34-24(66-4)25(75(57,58)67-8-16-22(53)23(54)33(71-16)50-12-43-19-28(50)44-35(37)46-30(19)55)17(72-34)9-69-77(61,62)74-78(63,64)73-76(59,60)68-7-15-14(5-6-65-3)21(52)32(70-15)51-13-48(2)20-29(51)45-36(38)47-31(20)56/h10-17,21-25,32-34,52-54H,5-9H2,1-4H3,(H10-,37,38,39,40,41,44,45,46,47,55,56,57,58,59,60,61,62,63,64)/p+1/t14-,15-,16-,17-,21-,22-,23-,24-,25-,32-,33-,34-/m1/s1. The number of aliphatic hydroxyl groups excluding tert-OH is 3. The highest BCUT2D eigenvalue weighted by Crippen LogP contribution is 2.68. The average molecular weight is 1190 g/mol. The molecule has 38 nitrogen and oxygen atoms in total. The predicted octanol–water partition coefficient (Wildman–Crippen LogP) is -2.89. The average Bonchev–Trinajstić information content (AvgIpc) is 4.30. The van der Waals surface area contributed by atoms with E-state index < -0.39 is 135 Å². The minimum atomic E-state index is -6.19. The fraction of sp³-hybridized carbons (Fsp3) is 0.583. The highest BCUT2D eigenvalue weighted by Gasteiger charge is 2.58. The number of nitrogens with one attached hydrogen (secondary N) is 3. The molecule has 42 heteroatoms. The number of nitrogens with zero attached hydrogens (tertiary/aromatic N) is 10. The van der Waals surface area contributed by atoms with Crippen molar-refractivity contribution in [2.75, 3.05) is 64.5 Å². The van der Waals surface area contributed by atoms with E-state index in [2.05, 4.69) is 53.8 Å². The number of aliphatic hydroxyl groups is 3. The van der Waals surface area contributed by atoms with Gasteiger partial charge in [0.05, 0.1) is 45.6 Å². The third kappa shape index (κ3) is 11.3. The van der Waals surface area contributed by atoms with Gasteiger partial charge < -0.3 is 79.9 Å². The van der Waals surface area contributed by atoms with Crippen LogP contribution in [0.1, 0.15) is 25.1 Å². The van der Waals surface area contributed by atoms with Crippen LogP contribution in [0.25, 0.3) is 33.5 Å². The third-order valence-corrected chi connectivity index (χ3v) is 18.9. The fourth-order valence-corrected chi connectivity index (χ4v) is 14.6. The van der Waals surface area contributed by atoms with E-state index in [-0.39, 0.29) is 64.2 Å². The number of aromatic nitrogens is 12. The Balaban J connectivity index is 0.896. The number of anilines is 3. The van der Waals surface area contributed by atoms with E-state index in [1.54, 1.807) is 7.05 Å². The topological polar surface area (TPSA) is 528 Å². The number of aryl methyl sites for hydroxylation is 1. The zero-order chi connectivity index (χ0) is 56.4. The first kappa shape index (κ1) is 57.6. The van der Waals surface area contributed by atoms with Gasteiger partial charge in [0.2, 0.25) is 17.7 Å². The minimum Gasteiger partial charge on any atom is -0.387 e. The maximum absolute atomic E-state index is 14.5. The summed E-state index contributed by atoms with van der Waals surface area (Å²) < 4.78 is 112. The number of phosphoric ester groups is 2. The van der Waals surface area contributed by atoms with Gasteiger partial charge in [-0.1, -0.05) is 4.98 Å². The third-order valence-electron chi connectivity index (χ3n) is 12.8. The van der Waals surface area contributed by atoms with Gasteiger partial charge in [-0.3, -0.25) is 46.9 Å². The monoisotopic (exact) mass is 1190 g/mol. The Morgan fingerprint density at radius 2 is 1.36 bits per heavy atom. The van der Waals surface area contributed by atoms with E-state index in [0.717, 1.165) is 24.3 Å². The lowest BCUT2D eigenvalue weighted by atomic mass is 9.95. The smallest absolute Gasteiger partial charge is 0.387 e. The summed E-state index contributed by atoms with van der Waals surface area (Å²) in [6.45, 7) is -3.12. The Morgan fingerprint density at radius 3 is 2.03 bits per heavy atom. The normalized spacial score (nSPS) is 29.7. The van der Waals surface area contributed by atoms with Crippen LogP contribution in [0.5, 0.6) is 0 Å². The minimum absolute atomic E-state index is 0.00388. The van der Waals surface area contributed by atoms with Gasteiger partial charge >= 0.3 is 36.7 Å². The van der Waals surface area contributed by atoms with Crippen molar-refractivity contribution in [1.29, 1.82) is 0 Å². The summed E-state index contributed by atoms with van der Waals surface area (Å²) >= 11 is 0. The van der Waals surface area contributed by atoms with Crippen LogP contribution < -0.4 is 32.5 Å². The first-order valence-electron chi connectivity index (χ1n) is 22.8. The molecular weight excluding hydrogens is 1130 g/mol. The number of hydrogen-bond donors (Lipinski definition) is 12.